The summed E-state index contributed by atoms with van der Waals surface area (Å²) in [7, 11) is 0. The molecule has 89 valence electrons. The van der Waals surface area contributed by atoms with Crippen LogP contribution in [0, 0.1) is 6.20 Å². The van der Waals surface area contributed by atoms with Gasteiger partial charge in [0.25, 0.3) is 0 Å². The number of hydrogen-bond acceptors (Lipinski definition) is 2. The van der Waals surface area contributed by atoms with Gasteiger partial charge in [-0.2, -0.15) is 31.4 Å². The van der Waals surface area contributed by atoms with Crippen molar-refractivity contribution in [2.45, 2.75) is 18.0 Å². The Hall–Kier alpha value is -1.41. The van der Waals surface area contributed by atoms with Crippen molar-refractivity contribution in [3.63, 3.8) is 0 Å². The lowest BCUT2D eigenvalue weighted by molar-refractivity contribution is -0.348. The van der Waals surface area contributed by atoms with Crippen molar-refractivity contribution in [2.75, 3.05) is 0 Å². The first-order chi connectivity index (χ1) is 7.11. The lowest BCUT2D eigenvalue weighted by Gasteiger charge is -2.29. The van der Waals surface area contributed by atoms with E-state index in [0.717, 1.165) is 0 Å². The maximum atomic E-state index is 13.2. The van der Waals surface area contributed by atoms with Crippen molar-refractivity contribution in [2.24, 2.45) is 0 Å². The first kappa shape index (κ1) is 12.7. The molecule has 0 aliphatic rings. The normalized spacial score (nSPS) is 13.9. The molecule has 1 aromatic rings. The van der Waals surface area contributed by atoms with Crippen LogP contribution in [0.15, 0.2) is 12.3 Å². The number of nitrogens with zero attached hydrogens (tertiary/aromatic N) is 2. The smallest absolute Gasteiger partial charge is 0.218 e. The summed E-state index contributed by atoms with van der Waals surface area (Å²) in [6.07, 6.45) is -10.6. The van der Waals surface area contributed by atoms with E-state index in [1.165, 1.54) is 0 Å². The summed E-state index contributed by atoms with van der Waals surface area (Å²) in [5, 5.41) is 5.58. The highest BCUT2D eigenvalue weighted by molar-refractivity contribution is 5.21. The lowest BCUT2D eigenvalue weighted by atomic mass is 9.96. The summed E-state index contributed by atoms with van der Waals surface area (Å²) in [6, 6.07) is 0.147. The molecule has 0 saturated carbocycles. The quantitative estimate of drug-likeness (QED) is 0.713. The Morgan fingerprint density at radius 1 is 0.938 bits per heavy atom. The van der Waals surface area contributed by atoms with Crippen molar-refractivity contribution in [3.05, 3.63) is 24.0 Å². The lowest BCUT2D eigenvalue weighted by Crippen LogP contribution is -2.50. The third-order valence-corrected chi connectivity index (χ3v) is 1.71. The number of rotatable bonds is 1. The zero-order valence-corrected chi connectivity index (χ0v) is 7.19. The van der Waals surface area contributed by atoms with Crippen molar-refractivity contribution < 1.29 is 30.7 Å². The van der Waals surface area contributed by atoms with Crippen LogP contribution in [0.1, 0.15) is 5.56 Å². The number of alkyl halides is 7. The second-order valence-corrected chi connectivity index (χ2v) is 2.73. The average molecular weight is 247 g/mol. The maximum absolute atomic E-state index is 13.2. The third kappa shape index (κ3) is 1.81. The molecule has 0 saturated heterocycles. The Morgan fingerprint density at radius 2 is 1.44 bits per heavy atom. The summed E-state index contributed by atoms with van der Waals surface area (Å²) < 4.78 is 86.0. The summed E-state index contributed by atoms with van der Waals surface area (Å²) >= 11 is 0. The Morgan fingerprint density at radius 3 is 1.75 bits per heavy atom. The topological polar surface area (TPSA) is 25.8 Å². The van der Waals surface area contributed by atoms with E-state index in [-0.39, 0.29) is 12.3 Å². The van der Waals surface area contributed by atoms with Crippen LogP contribution in [0.2, 0.25) is 0 Å². The van der Waals surface area contributed by atoms with Gasteiger partial charge in [0.1, 0.15) is 6.20 Å². The largest absolute Gasteiger partial charge is 0.436 e. The van der Waals surface area contributed by atoms with Crippen molar-refractivity contribution >= 4 is 0 Å². The molecule has 0 aliphatic carbocycles. The van der Waals surface area contributed by atoms with E-state index in [4.69, 9.17) is 0 Å². The Labute approximate surface area is 84.1 Å². The van der Waals surface area contributed by atoms with E-state index in [2.05, 4.69) is 10.2 Å². The van der Waals surface area contributed by atoms with Gasteiger partial charge in [-0.15, -0.1) is 5.10 Å². The van der Waals surface area contributed by atoms with Gasteiger partial charge in [0.15, 0.2) is 0 Å². The fourth-order valence-electron chi connectivity index (χ4n) is 0.937. The van der Waals surface area contributed by atoms with Gasteiger partial charge in [-0.05, 0) is 6.07 Å². The van der Waals surface area contributed by atoms with Crippen LogP contribution in [-0.4, -0.2) is 22.5 Å². The van der Waals surface area contributed by atoms with E-state index >= 15 is 0 Å². The number of hydrogen-bond donors (Lipinski definition) is 0. The molecule has 0 spiro atoms. The van der Waals surface area contributed by atoms with E-state index in [0.29, 0.717) is 0 Å². The molecule has 0 bridgehead atoms. The Bertz CT molecular complexity index is 341. The van der Waals surface area contributed by atoms with Crippen LogP contribution in [0.25, 0.3) is 0 Å². The highest BCUT2D eigenvalue weighted by Gasteiger charge is 2.73. The summed E-state index contributed by atoms with van der Waals surface area (Å²) in [6.45, 7) is 0. The Kier molecular flexibility index (Phi) is 2.82. The summed E-state index contributed by atoms with van der Waals surface area (Å²) in [5.41, 5.74) is -7.17. The van der Waals surface area contributed by atoms with Gasteiger partial charge >= 0.3 is 18.0 Å². The van der Waals surface area contributed by atoms with E-state index in [1.807, 2.05) is 0 Å². The SMILES string of the molecule is FC(F)(F)C(F)(c1c[c]nnc1)C(F)(F)F. The molecule has 1 rings (SSSR count). The van der Waals surface area contributed by atoms with Crippen molar-refractivity contribution in [3.8, 4) is 0 Å². The second kappa shape index (κ2) is 3.56. The first-order valence-corrected chi connectivity index (χ1v) is 3.62. The van der Waals surface area contributed by atoms with E-state index in [1.54, 1.807) is 6.20 Å². The molecule has 0 atom stereocenters. The van der Waals surface area contributed by atoms with Crippen LogP contribution in [0.3, 0.4) is 0 Å². The number of halogens is 7. The van der Waals surface area contributed by atoms with Crippen LogP contribution in [0.4, 0.5) is 30.7 Å². The molecular formula is C7H2F7N2. The third-order valence-electron chi connectivity index (χ3n) is 1.71. The molecule has 1 aromatic heterocycles. The molecule has 1 heterocycles. The maximum Gasteiger partial charge on any atom is 0.436 e. The fourth-order valence-corrected chi connectivity index (χ4v) is 0.937. The predicted molar refractivity (Wildman–Crippen MR) is 35.8 cm³/mol. The van der Waals surface area contributed by atoms with Gasteiger partial charge in [0.2, 0.25) is 0 Å². The molecule has 2 nitrogen and oxygen atoms in total. The van der Waals surface area contributed by atoms with Crippen LogP contribution in [-0.2, 0) is 5.67 Å². The molecule has 0 N–H and O–H groups in total. The summed E-state index contributed by atoms with van der Waals surface area (Å²) in [5.74, 6) is 0. The van der Waals surface area contributed by atoms with Gasteiger partial charge in [-0.1, -0.05) is 0 Å². The second-order valence-electron chi connectivity index (χ2n) is 2.73. The molecule has 0 aromatic carbocycles. The molecule has 0 unspecified atom stereocenters. The minimum Gasteiger partial charge on any atom is -0.218 e. The zero-order valence-electron chi connectivity index (χ0n) is 7.19. The monoisotopic (exact) mass is 247 g/mol. The van der Waals surface area contributed by atoms with Gasteiger partial charge < -0.3 is 0 Å². The van der Waals surface area contributed by atoms with Gasteiger partial charge in [0.05, 0.1) is 6.20 Å². The average Bonchev–Trinajstić information content (AvgIpc) is 2.14. The molecule has 0 fully saturated rings. The highest BCUT2D eigenvalue weighted by atomic mass is 19.4. The predicted octanol–water partition coefficient (Wildman–Crippen LogP) is 2.57. The van der Waals surface area contributed by atoms with Gasteiger partial charge in [0, 0.05) is 5.56 Å². The molecule has 0 amide bonds. The molecule has 16 heavy (non-hydrogen) atoms. The van der Waals surface area contributed by atoms with E-state index in [9.17, 15) is 30.7 Å². The molecule has 0 aliphatic heterocycles. The minimum atomic E-state index is -6.14. The standard InChI is InChI=1S/C7H2F7N2/c8-5(6(9,10)11,7(12,13)14)4-1-2-15-16-3-4/h1,3H. The van der Waals surface area contributed by atoms with Crippen LogP contribution < -0.4 is 0 Å². The number of aromatic nitrogens is 2. The van der Waals surface area contributed by atoms with Crippen molar-refractivity contribution in [1.29, 1.82) is 0 Å². The fraction of sp³-hybridized carbons (Fsp3) is 0.429. The van der Waals surface area contributed by atoms with Gasteiger partial charge in [-0.25, -0.2) is 4.39 Å². The zero-order chi connectivity index (χ0) is 12.6. The molecular weight excluding hydrogens is 245 g/mol. The molecule has 9 heteroatoms. The van der Waals surface area contributed by atoms with Crippen LogP contribution in [0.5, 0.6) is 0 Å². The van der Waals surface area contributed by atoms with E-state index < -0.39 is 23.6 Å². The van der Waals surface area contributed by atoms with Crippen molar-refractivity contribution in [1.82, 2.24) is 10.2 Å². The Balaban J connectivity index is 3.39. The van der Waals surface area contributed by atoms with Gasteiger partial charge in [-0.3, -0.25) is 0 Å². The molecule has 1 radical (unpaired) electrons. The van der Waals surface area contributed by atoms with Crippen LogP contribution >= 0.6 is 0 Å². The minimum absolute atomic E-state index is 0.0531. The first-order valence-electron chi connectivity index (χ1n) is 3.62. The summed E-state index contributed by atoms with van der Waals surface area (Å²) in [4.78, 5) is 0. The highest BCUT2D eigenvalue weighted by Crippen LogP contribution is 2.52.